The summed E-state index contributed by atoms with van der Waals surface area (Å²) in [5, 5.41) is 3.30. The van der Waals surface area contributed by atoms with E-state index in [9.17, 15) is 9.59 Å². The summed E-state index contributed by atoms with van der Waals surface area (Å²) in [7, 11) is 3.21. The Bertz CT molecular complexity index is 1360. The van der Waals surface area contributed by atoms with Crippen LogP contribution in [0.4, 0.5) is 0 Å². The first-order valence-corrected chi connectivity index (χ1v) is 10.5. The Kier molecular flexibility index (Phi) is 6.40. The van der Waals surface area contributed by atoms with Crippen molar-refractivity contribution in [1.82, 2.24) is 14.9 Å². The Morgan fingerprint density at radius 3 is 2.52 bits per heavy atom. The number of rotatable bonds is 7. The quantitative estimate of drug-likeness (QED) is 0.471. The Morgan fingerprint density at radius 1 is 1.03 bits per heavy atom. The number of aryl methyl sites for hydroxylation is 1. The van der Waals surface area contributed by atoms with Crippen molar-refractivity contribution in [2.45, 2.75) is 20.0 Å². The molecule has 33 heavy (non-hydrogen) atoms. The van der Waals surface area contributed by atoms with Crippen LogP contribution in [0.2, 0.25) is 0 Å². The lowest BCUT2D eigenvalue weighted by Crippen LogP contribution is -2.25. The molecule has 0 aliphatic rings. The van der Waals surface area contributed by atoms with Crippen LogP contribution in [-0.2, 0) is 13.1 Å². The maximum atomic E-state index is 13.2. The number of para-hydroxylation sites is 1. The lowest BCUT2D eigenvalue weighted by molar-refractivity contribution is 0.0950. The fraction of sp³-hybridized carbons (Fsp3) is 0.192. The summed E-state index contributed by atoms with van der Waals surface area (Å²) >= 11 is 0. The van der Waals surface area contributed by atoms with Crippen LogP contribution < -0.4 is 20.3 Å². The molecule has 2 aromatic carbocycles. The maximum absolute atomic E-state index is 13.2. The molecule has 168 valence electrons. The normalized spacial score (nSPS) is 10.8. The van der Waals surface area contributed by atoms with Gasteiger partial charge in [0.2, 0.25) is 0 Å². The number of hydrogen-bond acceptors (Lipinski definition) is 5. The molecule has 0 unspecified atom stereocenters. The smallest absolute Gasteiger partial charge is 0.260 e. The predicted octanol–water partition coefficient (Wildman–Crippen LogP) is 3.70. The number of methoxy groups -OCH3 is 2. The van der Waals surface area contributed by atoms with Gasteiger partial charge in [-0.2, -0.15) is 0 Å². The number of carbonyl (C=O) groups is 1. The zero-order valence-corrected chi connectivity index (χ0v) is 18.8. The van der Waals surface area contributed by atoms with Gasteiger partial charge in [0.25, 0.3) is 11.5 Å². The van der Waals surface area contributed by atoms with E-state index in [4.69, 9.17) is 9.47 Å². The largest absolute Gasteiger partial charge is 0.497 e. The Labute approximate surface area is 191 Å². The molecule has 0 atom stereocenters. The number of nitrogens with zero attached hydrogens (tertiary/aromatic N) is 2. The standard InChI is InChI=1S/C26H25N3O4/c1-17-21(25(30)27-15-19-6-4-5-7-24(19)33-3)14-22-23(28-17)12-13-29(26(22)31)16-18-8-10-20(32-2)11-9-18/h4-14H,15-16H2,1-3H3,(H,27,30). The highest BCUT2D eigenvalue weighted by molar-refractivity contribution is 5.98. The second-order valence-electron chi connectivity index (χ2n) is 7.65. The lowest BCUT2D eigenvalue weighted by Gasteiger charge is -2.12. The van der Waals surface area contributed by atoms with Crippen molar-refractivity contribution in [3.05, 3.63) is 99.6 Å². The number of ether oxygens (including phenoxy) is 2. The van der Waals surface area contributed by atoms with E-state index in [0.29, 0.717) is 41.0 Å². The van der Waals surface area contributed by atoms with E-state index in [1.165, 1.54) is 0 Å². The predicted molar refractivity (Wildman–Crippen MR) is 127 cm³/mol. The third kappa shape index (κ3) is 4.72. The first-order valence-electron chi connectivity index (χ1n) is 10.5. The number of hydrogen-bond donors (Lipinski definition) is 1. The summed E-state index contributed by atoms with van der Waals surface area (Å²) in [5.41, 5.74) is 3.12. The van der Waals surface area contributed by atoms with E-state index in [0.717, 1.165) is 16.9 Å². The van der Waals surface area contributed by atoms with Crippen LogP contribution in [0, 0.1) is 6.92 Å². The fourth-order valence-corrected chi connectivity index (χ4v) is 3.71. The molecule has 7 nitrogen and oxygen atoms in total. The molecule has 1 N–H and O–H groups in total. The van der Waals surface area contributed by atoms with Crippen molar-refractivity contribution >= 4 is 16.8 Å². The Balaban J connectivity index is 1.61. The van der Waals surface area contributed by atoms with Gasteiger partial charge < -0.3 is 19.4 Å². The molecule has 2 heterocycles. The highest BCUT2D eigenvalue weighted by Crippen LogP contribution is 2.18. The highest BCUT2D eigenvalue weighted by Gasteiger charge is 2.15. The van der Waals surface area contributed by atoms with Crippen LogP contribution in [0.15, 0.2) is 71.7 Å². The van der Waals surface area contributed by atoms with Crippen LogP contribution >= 0.6 is 0 Å². The molecule has 0 aliphatic heterocycles. The van der Waals surface area contributed by atoms with Gasteiger partial charge >= 0.3 is 0 Å². The average Bonchev–Trinajstić information content (AvgIpc) is 2.84. The van der Waals surface area contributed by atoms with Gasteiger partial charge in [-0.25, -0.2) is 0 Å². The van der Waals surface area contributed by atoms with Gasteiger partial charge in [0.15, 0.2) is 0 Å². The number of benzene rings is 2. The van der Waals surface area contributed by atoms with Gasteiger partial charge in [0, 0.05) is 18.3 Å². The molecule has 0 saturated heterocycles. The molecule has 0 aliphatic carbocycles. The molecule has 2 aromatic heterocycles. The molecule has 7 heteroatoms. The topological polar surface area (TPSA) is 82.5 Å². The third-order valence-corrected chi connectivity index (χ3v) is 5.53. The first-order chi connectivity index (χ1) is 16.0. The van der Waals surface area contributed by atoms with Gasteiger partial charge in [-0.05, 0) is 42.8 Å². The summed E-state index contributed by atoms with van der Waals surface area (Å²) in [5.74, 6) is 1.17. The van der Waals surface area contributed by atoms with Gasteiger partial charge in [-0.3, -0.25) is 14.6 Å². The van der Waals surface area contributed by atoms with E-state index in [-0.39, 0.29) is 11.5 Å². The zero-order chi connectivity index (χ0) is 23.4. The minimum Gasteiger partial charge on any atom is -0.497 e. The molecule has 0 spiro atoms. The van der Waals surface area contributed by atoms with E-state index >= 15 is 0 Å². The maximum Gasteiger partial charge on any atom is 0.260 e. The molecule has 0 radical (unpaired) electrons. The van der Waals surface area contributed by atoms with Gasteiger partial charge in [-0.15, -0.1) is 0 Å². The number of fused-ring (bicyclic) bond motifs is 1. The number of carbonyl (C=O) groups excluding carboxylic acids is 1. The molecule has 4 rings (SSSR count). The van der Waals surface area contributed by atoms with Gasteiger partial charge in [0.1, 0.15) is 11.5 Å². The van der Waals surface area contributed by atoms with Crippen LogP contribution in [0.25, 0.3) is 10.9 Å². The summed E-state index contributed by atoms with van der Waals surface area (Å²) in [6.45, 7) is 2.47. The van der Waals surface area contributed by atoms with Crippen LogP contribution in [-0.4, -0.2) is 29.7 Å². The van der Waals surface area contributed by atoms with Crippen molar-refractivity contribution in [3.8, 4) is 11.5 Å². The summed E-state index contributed by atoms with van der Waals surface area (Å²) in [6, 6.07) is 18.5. The monoisotopic (exact) mass is 443 g/mol. The fourth-order valence-electron chi connectivity index (χ4n) is 3.71. The van der Waals surface area contributed by atoms with E-state index < -0.39 is 0 Å². The minimum atomic E-state index is -0.294. The van der Waals surface area contributed by atoms with Crippen molar-refractivity contribution in [2.75, 3.05) is 14.2 Å². The Morgan fingerprint density at radius 2 is 1.79 bits per heavy atom. The number of nitrogens with one attached hydrogen (secondary N) is 1. The zero-order valence-electron chi connectivity index (χ0n) is 18.8. The third-order valence-electron chi connectivity index (χ3n) is 5.53. The van der Waals surface area contributed by atoms with Crippen molar-refractivity contribution in [2.24, 2.45) is 0 Å². The summed E-state index contributed by atoms with van der Waals surface area (Å²) in [6.07, 6.45) is 1.72. The first kappa shape index (κ1) is 22.1. The average molecular weight is 444 g/mol. The second kappa shape index (κ2) is 9.56. The molecular formula is C26H25N3O4. The van der Waals surface area contributed by atoms with E-state index in [1.54, 1.807) is 44.0 Å². The van der Waals surface area contributed by atoms with Crippen LogP contribution in [0.5, 0.6) is 11.5 Å². The molecule has 0 fully saturated rings. The lowest BCUT2D eigenvalue weighted by atomic mass is 10.1. The summed E-state index contributed by atoms with van der Waals surface area (Å²) < 4.78 is 12.1. The number of amides is 1. The summed E-state index contributed by atoms with van der Waals surface area (Å²) in [4.78, 5) is 30.6. The van der Waals surface area contributed by atoms with Gasteiger partial charge in [0.05, 0.1) is 42.9 Å². The SMILES string of the molecule is COc1ccc(Cn2ccc3nc(C)c(C(=O)NCc4ccccc4OC)cc3c2=O)cc1. The number of aromatic nitrogens is 2. The number of pyridine rings is 2. The van der Waals surface area contributed by atoms with Crippen LogP contribution in [0.1, 0.15) is 27.2 Å². The van der Waals surface area contributed by atoms with Gasteiger partial charge in [-0.1, -0.05) is 30.3 Å². The molecular weight excluding hydrogens is 418 g/mol. The molecule has 0 bridgehead atoms. The molecule has 4 aromatic rings. The molecule has 1 amide bonds. The Hall–Kier alpha value is -4.13. The second-order valence-corrected chi connectivity index (χ2v) is 7.65. The molecule has 0 saturated carbocycles. The van der Waals surface area contributed by atoms with E-state index in [2.05, 4.69) is 10.3 Å². The highest BCUT2D eigenvalue weighted by atomic mass is 16.5. The van der Waals surface area contributed by atoms with Crippen molar-refractivity contribution < 1.29 is 14.3 Å². The van der Waals surface area contributed by atoms with E-state index in [1.807, 2.05) is 48.5 Å². The van der Waals surface area contributed by atoms with Crippen molar-refractivity contribution in [1.29, 1.82) is 0 Å². The minimum absolute atomic E-state index is 0.199. The van der Waals surface area contributed by atoms with Crippen molar-refractivity contribution in [3.63, 3.8) is 0 Å². The van der Waals surface area contributed by atoms with Crippen LogP contribution in [0.3, 0.4) is 0 Å².